The molecule has 4 heterocycles. The quantitative estimate of drug-likeness (QED) is 0.586. The monoisotopic (exact) mass is 486 g/mol. The highest BCUT2D eigenvalue weighted by atomic mass is 19.1. The minimum absolute atomic E-state index is 0.0267. The van der Waals surface area contributed by atoms with Gasteiger partial charge in [0.05, 0.1) is 6.10 Å². The van der Waals surface area contributed by atoms with Crippen molar-refractivity contribution in [1.82, 2.24) is 24.5 Å². The highest BCUT2D eigenvalue weighted by Crippen LogP contribution is 2.46. The molecule has 2 atom stereocenters. The molecule has 1 amide bonds. The summed E-state index contributed by atoms with van der Waals surface area (Å²) in [7, 11) is 0. The highest BCUT2D eigenvalue weighted by molar-refractivity contribution is 5.95. The molecule has 0 bridgehead atoms. The van der Waals surface area contributed by atoms with Gasteiger partial charge in [0.15, 0.2) is 5.65 Å². The van der Waals surface area contributed by atoms with Crippen LogP contribution in [-0.4, -0.2) is 62.7 Å². The van der Waals surface area contributed by atoms with Crippen molar-refractivity contribution in [2.24, 2.45) is 5.41 Å². The first-order valence-electron chi connectivity index (χ1n) is 12.2. The number of hydrogen-bond acceptors (Lipinski definition) is 6. The summed E-state index contributed by atoms with van der Waals surface area (Å²) < 4.78 is 22.4. The van der Waals surface area contributed by atoms with Crippen LogP contribution in [0, 0.1) is 5.41 Å². The minimum Gasteiger partial charge on any atom is -0.373 e. The van der Waals surface area contributed by atoms with E-state index in [1.54, 1.807) is 16.9 Å². The Morgan fingerprint density at radius 2 is 2.17 bits per heavy atom. The Labute approximate surface area is 208 Å². The largest absolute Gasteiger partial charge is 0.373 e. The first-order valence-corrected chi connectivity index (χ1v) is 12.2. The van der Waals surface area contributed by atoms with Gasteiger partial charge in [-0.05, 0) is 42.2 Å². The molecule has 1 aromatic carbocycles. The third-order valence-electron chi connectivity index (χ3n) is 7.56. The van der Waals surface area contributed by atoms with Crippen LogP contribution in [0.4, 0.5) is 10.3 Å². The van der Waals surface area contributed by atoms with E-state index in [9.17, 15) is 9.18 Å². The van der Waals surface area contributed by atoms with Gasteiger partial charge in [-0.25, -0.2) is 9.37 Å². The number of allylic oxidation sites excluding steroid dienone is 2. The lowest BCUT2D eigenvalue weighted by molar-refractivity contribution is 0.0773. The summed E-state index contributed by atoms with van der Waals surface area (Å²) in [5.74, 6) is 0.356. The van der Waals surface area contributed by atoms with Gasteiger partial charge in [-0.2, -0.15) is 0 Å². The first kappa shape index (κ1) is 22.6. The Hall–Kier alpha value is -3.85. The number of nitrogens with one attached hydrogen (secondary N) is 1. The van der Waals surface area contributed by atoms with Gasteiger partial charge in [-0.15, -0.1) is 10.2 Å². The van der Waals surface area contributed by atoms with Gasteiger partial charge in [0.25, 0.3) is 5.91 Å². The molecular formula is C27H27FN6O2. The molecule has 184 valence electrons. The van der Waals surface area contributed by atoms with E-state index >= 15 is 0 Å². The SMILES string of the molecule is CC12CCOC1C=CC(F)=C2CNc1ncc(C2=CCN(C(=O)c3ccccc3)CC2)c2nncn12. The van der Waals surface area contributed by atoms with E-state index in [1.165, 1.54) is 6.08 Å². The molecule has 8 nitrogen and oxygen atoms in total. The maximum atomic E-state index is 14.8. The molecule has 1 aliphatic carbocycles. The maximum Gasteiger partial charge on any atom is 0.254 e. The molecule has 1 N–H and O–H groups in total. The van der Waals surface area contributed by atoms with Gasteiger partial charge in [0.2, 0.25) is 5.95 Å². The summed E-state index contributed by atoms with van der Waals surface area (Å²) in [5, 5.41) is 11.7. The summed E-state index contributed by atoms with van der Waals surface area (Å²) in [6.07, 6.45) is 10.1. The number of anilines is 1. The van der Waals surface area contributed by atoms with Crippen LogP contribution in [0.2, 0.25) is 0 Å². The van der Waals surface area contributed by atoms with E-state index in [1.807, 2.05) is 41.3 Å². The number of carbonyl (C=O) groups is 1. The van der Waals surface area contributed by atoms with E-state index in [2.05, 4.69) is 33.5 Å². The fourth-order valence-electron chi connectivity index (χ4n) is 5.35. The molecule has 0 radical (unpaired) electrons. The third kappa shape index (κ3) is 3.80. The molecule has 6 rings (SSSR count). The topological polar surface area (TPSA) is 84.6 Å². The highest BCUT2D eigenvalue weighted by Gasteiger charge is 2.44. The van der Waals surface area contributed by atoms with Crippen LogP contribution >= 0.6 is 0 Å². The Morgan fingerprint density at radius 3 is 2.97 bits per heavy atom. The predicted octanol–water partition coefficient (Wildman–Crippen LogP) is 4.05. The van der Waals surface area contributed by atoms with E-state index < -0.39 is 0 Å². The van der Waals surface area contributed by atoms with Crippen molar-refractivity contribution < 1.29 is 13.9 Å². The number of amides is 1. The number of fused-ring (bicyclic) bond motifs is 2. The van der Waals surface area contributed by atoms with Crippen molar-refractivity contribution in [2.45, 2.75) is 25.9 Å². The fraction of sp³-hybridized carbons (Fsp3) is 0.333. The summed E-state index contributed by atoms with van der Waals surface area (Å²) in [6.45, 7) is 4.12. The molecule has 0 spiro atoms. The molecule has 2 unspecified atom stereocenters. The number of ether oxygens (including phenoxy) is 1. The molecule has 36 heavy (non-hydrogen) atoms. The molecule has 0 saturated carbocycles. The normalized spacial score (nSPS) is 23.7. The van der Waals surface area contributed by atoms with E-state index in [4.69, 9.17) is 4.74 Å². The Morgan fingerprint density at radius 1 is 1.31 bits per heavy atom. The van der Waals surface area contributed by atoms with Crippen molar-refractivity contribution >= 4 is 23.1 Å². The van der Waals surface area contributed by atoms with Gasteiger partial charge in [-0.3, -0.25) is 9.20 Å². The number of benzene rings is 1. The van der Waals surface area contributed by atoms with Crippen molar-refractivity contribution in [3.63, 3.8) is 0 Å². The Balaban J connectivity index is 1.21. The summed E-state index contributed by atoms with van der Waals surface area (Å²) in [6, 6.07) is 9.32. The van der Waals surface area contributed by atoms with Gasteiger partial charge in [-0.1, -0.05) is 37.3 Å². The number of carbonyl (C=O) groups excluding carboxylic acids is 1. The smallest absolute Gasteiger partial charge is 0.254 e. The van der Waals surface area contributed by atoms with Crippen molar-refractivity contribution in [2.75, 3.05) is 31.6 Å². The standard InChI is InChI=1S/C27H27FN6O2/c1-27-11-14-36-23(27)8-7-22(28)21(27)16-30-26-29-15-20(24-32-31-17-34(24)26)18-9-12-33(13-10-18)25(35)19-5-3-2-4-6-19/h2-9,15,17,23H,10-14,16H2,1H3,(H,29,30). The summed E-state index contributed by atoms with van der Waals surface area (Å²) in [4.78, 5) is 19.3. The zero-order valence-corrected chi connectivity index (χ0v) is 20.0. The zero-order chi connectivity index (χ0) is 24.7. The maximum absolute atomic E-state index is 14.8. The van der Waals surface area contributed by atoms with Crippen LogP contribution in [0.1, 0.15) is 35.7 Å². The van der Waals surface area contributed by atoms with Crippen molar-refractivity contribution in [3.8, 4) is 0 Å². The molecule has 1 fully saturated rings. The number of aromatic nitrogens is 4. The predicted molar refractivity (Wildman–Crippen MR) is 134 cm³/mol. The van der Waals surface area contributed by atoms with Gasteiger partial charge < -0.3 is 15.0 Å². The number of hydrogen-bond donors (Lipinski definition) is 1. The second-order valence-electron chi connectivity index (χ2n) is 9.61. The number of rotatable bonds is 5. The van der Waals surface area contributed by atoms with Crippen LogP contribution in [0.5, 0.6) is 0 Å². The third-order valence-corrected chi connectivity index (χ3v) is 7.56. The molecule has 2 aromatic heterocycles. The first-order chi connectivity index (χ1) is 17.5. The van der Waals surface area contributed by atoms with Crippen molar-refractivity contribution in [3.05, 3.63) is 83.6 Å². The van der Waals surface area contributed by atoms with Crippen LogP contribution in [0.3, 0.4) is 0 Å². The lowest BCUT2D eigenvalue weighted by Crippen LogP contribution is -2.34. The average molecular weight is 487 g/mol. The van der Waals surface area contributed by atoms with E-state index in [-0.39, 0.29) is 23.3 Å². The second-order valence-corrected chi connectivity index (χ2v) is 9.61. The summed E-state index contributed by atoms with van der Waals surface area (Å²) >= 11 is 0. The van der Waals surface area contributed by atoms with Crippen molar-refractivity contribution in [1.29, 1.82) is 0 Å². The van der Waals surface area contributed by atoms with E-state index in [0.717, 1.165) is 17.6 Å². The Kier molecular flexibility index (Phi) is 5.64. The van der Waals surface area contributed by atoms with Gasteiger partial charge in [0.1, 0.15) is 12.2 Å². The lowest BCUT2D eigenvalue weighted by Gasteiger charge is -2.34. The van der Waals surface area contributed by atoms with Crippen LogP contribution < -0.4 is 5.32 Å². The minimum atomic E-state index is -0.367. The van der Waals surface area contributed by atoms with E-state index in [0.29, 0.717) is 55.4 Å². The number of halogens is 1. The molecule has 2 aliphatic heterocycles. The summed E-state index contributed by atoms with van der Waals surface area (Å²) in [5.41, 5.74) is 3.65. The zero-order valence-electron chi connectivity index (χ0n) is 20.0. The molecule has 9 heteroatoms. The molecule has 3 aromatic rings. The number of nitrogens with zero attached hydrogens (tertiary/aromatic N) is 5. The average Bonchev–Trinajstić information content (AvgIpc) is 3.55. The fourth-order valence-corrected chi connectivity index (χ4v) is 5.35. The second kappa shape index (κ2) is 8.98. The van der Waals surface area contributed by atoms with Crippen LogP contribution in [-0.2, 0) is 4.74 Å². The molecule has 3 aliphatic rings. The molecular weight excluding hydrogens is 459 g/mol. The lowest BCUT2D eigenvalue weighted by atomic mass is 9.73. The van der Waals surface area contributed by atoms with Gasteiger partial charge >= 0.3 is 0 Å². The van der Waals surface area contributed by atoms with Crippen LogP contribution in [0.25, 0.3) is 11.2 Å². The molecule has 1 saturated heterocycles. The van der Waals surface area contributed by atoms with Gasteiger partial charge in [0, 0.05) is 49.0 Å². The Bertz CT molecular complexity index is 1410. The van der Waals surface area contributed by atoms with Crippen LogP contribution in [0.15, 0.2) is 72.5 Å².